The van der Waals surface area contributed by atoms with E-state index in [1.807, 2.05) is 0 Å². The lowest BCUT2D eigenvalue weighted by molar-refractivity contribution is -0.149. The molecule has 3 rings (SSSR count). The van der Waals surface area contributed by atoms with Gasteiger partial charge in [-0.25, -0.2) is 8.42 Å². The molecule has 1 aromatic carbocycles. The summed E-state index contributed by atoms with van der Waals surface area (Å²) < 4.78 is 40.0. The van der Waals surface area contributed by atoms with Crippen LogP contribution in [-0.2, 0) is 19.4 Å². The Hall–Kier alpha value is -1.80. The molecule has 126 valence electrons. The van der Waals surface area contributed by atoms with Crippen molar-refractivity contribution < 1.29 is 27.4 Å². The molecule has 1 aromatic rings. The molecule has 23 heavy (non-hydrogen) atoms. The first-order chi connectivity index (χ1) is 10.9. The standard InChI is InChI=1S/C15H19NO6S/c1-3-20-14(17)15(7-16)12(13(15)23(2,18)19)9-4-5-10-11(6-9)22-8-21-10/h4-6,12-13H,3,7-8,16H2,1-2H3/t12-,13+,15+/m0/s1. The second-order valence-corrected chi connectivity index (χ2v) is 7.97. The van der Waals surface area contributed by atoms with Crippen LogP contribution in [0.15, 0.2) is 18.2 Å². The topological polar surface area (TPSA) is 105 Å². The van der Waals surface area contributed by atoms with Crippen molar-refractivity contribution in [2.24, 2.45) is 11.1 Å². The van der Waals surface area contributed by atoms with E-state index in [4.69, 9.17) is 19.9 Å². The van der Waals surface area contributed by atoms with E-state index in [1.165, 1.54) is 0 Å². The number of rotatable bonds is 5. The number of hydrogen-bond acceptors (Lipinski definition) is 7. The molecule has 1 fully saturated rings. The minimum absolute atomic E-state index is 0.0946. The zero-order valence-electron chi connectivity index (χ0n) is 12.9. The van der Waals surface area contributed by atoms with Crippen molar-refractivity contribution in [3.8, 4) is 11.5 Å². The Bertz CT molecular complexity index is 746. The molecule has 2 N–H and O–H groups in total. The number of hydrogen-bond donors (Lipinski definition) is 1. The Morgan fingerprint density at radius 3 is 2.70 bits per heavy atom. The van der Waals surface area contributed by atoms with Gasteiger partial charge >= 0.3 is 5.97 Å². The van der Waals surface area contributed by atoms with E-state index < -0.39 is 32.4 Å². The fourth-order valence-corrected chi connectivity index (χ4v) is 5.37. The van der Waals surface area contributed by atoms with Gasteiger partial charge in [-0.2, -0.15) is 0 Å². The maximum absolute atomic E-state index is 12.4. The van der Waals surface area contributed by atoms with E-state index in [1.54, 1.807) is 25.1 Å². The van der Waals surface area contributed by atoms with Crippen molar-refractivity contribution in [1.29, 1.82) is 0 Å². The smallest absolute Gasteiger partial charge is 0.315 e. The fraction of sp³-hybridized carbons (Fsp3) is 0.533. The van der Waals surface area contributed by atoms with Crippen LogP contribution < -0.4 is 15.2 Å². The van der Waals surface area contributed by atoms with Crippen LogP contribution in [0.3, 0.4) is 0 Å². The zero-order valence-corrected chi connectivity index (χ0v) is 13.8. The summed E-state index contributed by atoms with van der Waals surface area (Å²) in [6.45, 7) is 1.88. The molecule has 0 aromatic heterocycles. The van der Waals surface area contributed by atoms with Crippen molar-refractivity contribution in [3.63, 3.8) is 0 Å². The van der Waals surface area contributed by atoms with Gasteiger partial charge in [0.05, 0.1) is 11.9 Å². The van der Waals surface area contributed by atoms with E-state index in [2.05, 4.69) is 0 Å². The first-order valence-electron chi connectivity index (χ1n) is 7.32. The third kappa shape index (κ3) is 2.36. The van der Waals surface area contributed by atoms with Gasteiger partial charge in [0.1, 0.15) is 5.41 Å². The first-order valence-corrected chi connectivity index (χ1v) is 9.27. The number of nitrogens with two attached hydrogens (primary N) is 1. The number of sulfone groups is 1. The first kappa shape index (κ1) is 16.1. The van der Waals surface area contributed by atoms with Crippen molar-refractivity contribution in [2.45, 2.75) is 18.1 Å². The molecule has 1 aliphatic heterocycles. The maximum Gasteiger partial charge on any atom is 0.315 e. The third-order valence-corrected chi connectivity index (χ3v) is 6.08. The second kappa shape index (κ2) is 5.38. The van der Waals surface area contributed by atoms with Crippen LogP contribution in [0.5, 0.6) is 11.5 Å². The summed E-state index contributed by atoms with van der Waals surface area (Å²) in [5.74, 6) is 0.0212. The number of fused-ring (bicyclic) bond motifs is 1. The highest BCUT2D eigenvalue weighted by atomic mass is 32.2. The van der Waals surface area contributed by atoms with Gasteiger partial charge < -0.3 is 19.9 Å². The van der Waals surface area contributed by atoms with Gasteiger partial charge in [-0.1, -0.05) is 6.07 Å². The lowest BCUT2D eigenvalue weighted by atomic mass is 9.99. The van der Waals surface area contributed by atoms with Crippen LogP contribution in [0.2, 0.25) is 0 Å². The molecule has 1 saturated carbocycles. The third-order valence-electron chi connectivity index (χ3n) is 4.47. The molecule has 1 heterocycles. The quantitative estimate of drug-likeness (QED) is 0.774. The molecule has 0 saturated heterocycles. The number of esters is 1. The Morgan fingerprint density at radius 1 is 1.39 bits per heavy atom. The van der Waals surface area contributed by atoms with Crippen LogP contribution in [-0.4, -0.2) is 45.8 Å². The monoisotopic (exact) mass is 341 g/mol. The largest absolute Gasteiger partial charge is 0.465 e. The summed E-state index contributed by atoms with van der Waals surface area (Å²) >= 11 is 0. The fourth-order valence-electron chi connectivity index (χ4n) is 3.45. The van der Waals surface area contributed by atoms with Crippen LogP contribution in [0.1, 0.15) is 18.4 Å². The average molecular weight is 341 g/mol. The normalized spacial score (nSPS) is 28.5. The highest BCUT2D eigenvalue weighted by Gasteiger charge is 2.74. The molecule has 0 radical (unpaired) electrons. The molecule has 0 bridgehead atoms. The van der Waals surface area contributed by atoms with Crippen molar-refractivity contribution in [3.05, 3.63) is 23.8 Å². The van der Waals surface area contributed by atoms with Gasteiger partial charge in [0.15, 0.2) is 21.3 Å². The zero-order chi connectivity index (χ0) is 16.8. The molecular formula is C15H19NO6S. The van der Waals surface area contributed by atoms with Crippen LogP contribution >= 0.6 is 0 Å². The number of carbonyl (C=O) groups excluding carboxylic acids is 1. The summed E-state index contributed by atoms with van der Waals surface area (Å²) in [6.07, 6.45) is 1.12. The molecule has 3 atom stereocenters. The summed E-state index contributed by atoms with van der Waals surface area (Å²) in [7, 11) is -3.48. The minimum atomic E-state index is -3.48. The highest BCUT2D eigenvalue weighted by Crippen LogP contribution is 2.63. The molecule has 0 spiro atoms. The van der Waals surface area contributed by atoms with Gasteiger partial charge in [-0.15, -0.1) is 0 Å². The molecule has 2 aliphatic rings. The molecular weight excluding hydrogens is 322 g/mol. The number of ether oxygens (including phenoxy) is 3. The maximum atomic E-state index is 12.4. The lowest BCUT2D eigenvalue weighted by Gasteiger charge is -2.14. The van der Waals surface area contributed by atoms with Gasteiger partial charge in [-0.3, -0.25) is 4.79 Å². The summed E-state index contributed by atoms with van der Waals surface area (Å²) in [5, 5.41) is -0.889. The molecule has 0 unspecified atom stereocenters. The Balaban J connectivity index is 2.04. The average Bonchev–Trinajstić information content (AvgIpc) is 3.00. The van der Waals surface area contributed by atoms with E-state index in [-0.39, 0.29) is 19.9 Å². The summed E-state index contributed by atoms with van der Waals surface area (Å²) in [4.78, 5) is 12.4. The van der Waals surface area contributed by atoms with Gasteiger partial charge in [0.25, 0.3) is 0 Å². The summed E-state index contributed by atoms with van der Waals surface area (Å²) in [5.41, 5.74) is 5.25. The van der Waals surface area contributed by atoms with E-state index in [0.29, 0.717) is 17.1 Å². The van der Waals surface area contributed by atoms with Gasteiger partial charge in [-0.05, 0) is 24.6 Å². The van der Waals surface area contributed by atoms with Gasteiger partial charge in [0.2, 0.25) is 6.79 Å². The summed E-state index contributed by atoms with van der Waals surface area (Å²) in [6, 6.07) is 5.16. The highest BCUT2D eigenvalue weighted by molar-refractivity contribution is 7.91. The molecule has 1 aliphatic carbocycles. The molecule has 8 heteroatoms. The SMILES string of the molecule is CCOC(=O)[C@@]1(CN)[C@H](S(C)(=O)=O)[C@@H]1c1ccc2c(c1)OCO2. The number of carbonyl (C=O) groups is 1. The van der Waals surface area contributed by atoms with Crippen LogP contribution in [0.4, 0.5) is 0 Å². The minimum Gasteiger partial charge on any atom is -0.465 e. The lowest BCUT2D eigenvalue weighted by Crippen LogP contribution is -2.33. The van der Waals surface area contributed by atoms with E-state index in [0.717, 1.165) is 6.26 Å². The number of benzene rings is 1. The van der Waals surface area contributed by atoms with Crippen molar-refractivity contribution in [1.82, 2.24) is 0 Å². The molecule has 0 amide bonds. The van der Waals surface area contributed by atoms with Crippen molar-refractivity contribution in [2.75, 3.05) is 26.2 Å². The Labute approximate surface area is 134 Å². The van der Waals surface area contributed by atoms with Crippen molar-refractivity contribution >= 4 is 15.8 Å². The predicted molar refractivity (Wildman–Crippen MR) is 82.1 cm³/mol. The molecule has 7 nitrogen and oxygen atoms in total. The predicted octanol–water partition coefficient (Wildman–Crippen LogP) is 0.434. The van der Waals surface area contributed by atoms with E-state index >= 15 is 0 Å². The Morgan fingerprint density at radius 2 is 2.09 bits per heavy atom. The van der Waals surface area contributed by atoms with Crippen LogP contribution in [0.25, 0.3) is 0 Å². The van der Waals surface area contributed by atoms with Crippen LogP contribution in [0, 0.1) is 5.41 Å². The second-order valence-electron chi connectivity index (χ2n) is 5.81. The van der Waals surface area contributed by atoms with Gasteiger partial charge in [0, 0.05) is 18.7 Å². The Kier molecular flexibility index (Phi) is 3.76. The van der Waals surface area contributed by atoms with E-state index in [9.17, 15) is 13.2 Å².